The van der Waals surface area contributed by atoms with E-state index in [-0.39, 0.29) is 50.6 Å². The van der Waals surface area contributed by atoms with E-state index < -0.39 is 11.4 Å². The Morgan fingerprint density at radius 3 is 2.21 bits per heavy atom. The number of aliphatic carboxylic acids is 1. The zero-order chi connectivity index (χ0) is 25.1. The van der Waals surface area contributed by atoms with Crippen molar-refractivity contribution in [2.24, 2.45) is 50.2 Å². The first kappa shape index (κ1) is 24.3. The van der Waals surface area contributed by atoms with Gasteiger partial charge in [-0.1, -0.05) is 54.0 Å². The van der Waals surface area contributed by atoms with Crippen molar-refractivity contribution < 1.29 is 19.5 Å². The lowest BCUT2D eigenvalue weighted by molar-refractivity contribution is -0.190. The van der Waals surface area contributed by atoms with Gasteiger partial charge in [0, 0.05) is 17.8 Å². The first-order valence-corrected chi connectivity index (χ1v) is 13.6. The van der Waals surface area contributed by atoms with E-state index >= 15 is 0 Å². The molecular formula is C30H44O4. The van der Waals surface area contributed by atoms with Crippen LogP contribution < -0.4 is 0 Å². The quantitative estimate of drug-likeness (QED) is 0.469. The summed E-state index contributed by atoms with van der Waals surface area (Å²) in [6.07, 6.45) is 9.24. The van der Waals surface area contributed by atoms with Crippen LogP contribution in [0.5, 0.6) is 0 Å². The van der Waals surface area contributed by atoms with Crippen LogP contribution >= 0.6 is 0 Å². The standard InChI is InChI=1S/C30H44O4/c1-25(2)12-14-30(24(33)34)15-13-29(7)23(18(30)17-25)19(31)16-21-27(5)10-9-22(32)26(3,4)20(27)8-11-28(21,29)6/h16,18,20,23H,8-15,17H2,1-7H3,(H,33,34). The number of ketones is 2. The summed E-state index contributed by atoms with van der Waals surface area (Å²) in [7, 11) is 0. The number of allylic oxidation sites excluding steroid dienone is 2. The molecule has 4 saturated carbocycles. The Morgan fingerprint density at radius 1 is 0.912 bits per heavy atom. The minimum Gasteiger partial charge on any atom is -0.481 e. The molecule has 4 fully saturated rings. The van der Waals surface area contributed by atoms with Crippen LogP contribution in [0, 0.1) is 50.2 Å². The van der Waals surface area contributed by atoms with E-state index in [4.69, 9.17) is 0 Å². The number of carbonyl (C=O) groups excluding carboxylic acids is 2. The number of carboxylic acids is 1. The molecule has 0 amide bonds. The maximum atomic E-state index is 14.2. The second-order valence-electron chi connectivity index (χ2n) is 14.8. The Hall–Kier alpha value is -1.45. The van der Waals surface area contributed by atoms with Gasteiger partial charge in [0.25, 0.3) is 0 Å². The monoisotopic (exact) mass is 468 g/mol. The van der Waals surface area contributed by atoms with Gasteiger partial charge >= 0.3 is 5.97 Å². The molecular weight excluding hydrogens is 424 g/mol. The van der Waals surface area contributed by atoms with Crippen molar-refractivity contribution in [2.75, 3.05) is 0 Å². The summed E-state index contributed by atoms with van der Waals surface area (Å²) in [5, 5.41) is 10.5. The zero-order valence-electron chi connectivity index (χ0n) is 22.3. The van der Waals surface area contributed by atoms with Crippen molar-refractivity contribution in [2.45, 2.75) is 106 Å². The van der Waals surface area contributed by atoms with Crippen LogP contribution in [0.3, 0.4) is 0 Å². The van der Waals surface area contributed by atoms with E-state index in [1.165, 1.54) is 5.57 Å². The van der Waals surface area contributed by atoms with Crippen molar-refractivity contribution in [3.63, 3.8) is 0 Å². The number of rotatable bonds is 1. The fourth-order valence-electron chi connectivity index (χ4n) is 10.2. The van der Waals surface area contributed by atoms with Crippen LogP contribution in [0.2, 0.25) is 0 Å². The van der Waals surface area contributed by atoms with Crippen LogP contribution in [0.1, 0.15) is 106 Å². The van der Waals surface area contributed by atoms with E-state index in [9.17, 15) is 19.5 Å². The summed E-state index contributed by atoms with van der Waals surface area (Å²) >= 11 is 0. The normalized spacial score (nSPS) is 49.1. The van der Waals surface area contributed by atoms with Crippen LogP contribution in [0.4, 0.5) is 0 Å². The molecule has 0 aromatic rings. The van der Waals surface area contributed by atoms with E-state index in [0.29, 0.717) is 25.0 Å². The number of hydrogen-bond acceptors (Lipinski definition) is 3. The lowest BCUT2D eigenvalue weighted by atomic mass is 9.34. The Morgan fingerprint density at radius 2 is 1.56 bits per heavy atom. The van der Waals surface area contributed by atoms with Crippen molar-refractivity contribution in [1.82, 2.24) is 0 Å². The first-order valence-electron chi connectivity index (χ1n) is 13.6. The second-order valence-corrected chi connectivity index (χ2v) is 14.8. The fraction of sp³-hybridized carbons (Fsp3) is 0.833. The molecule has 34 heavy (non-hydrogen) atoms. The smallest absolute Gasteiger partial charge is 0.309 e. The predicted octanol–water partition coefficient (Wildman–Crippen LogP) is 6.62. The Kier molecular flexibility index (Phi) is 4.89. The largest absolute Gasteiger partial charge is 0.481 e. The third-order valence-corrected chi connectivity index (χ3v) is 12.6. The van der Waals surface area contributed by atoms with Crippen LogP contribution in [-0.4, -0.2) is 22.6 Å². The van der Waals surface area contributed by atoms with Gasteiger partial charge in [-0.25, -0.2) is 0 Å². The molecule has 4 nitrogen and oxygen atoms in total. The molecule has 0 radical (unpaired) electrons. The topological polar surface area (TPSA) is 71.4 Å². The highest BCUT2D eigenvalue weighted by molar-refractivity contribution is 5.96. The molecule has 0 heterocycles. The highest BCUT2D eigenvalue weighted by atomic mass is 16.4. The van der Waals surface area contributed by atoms with Crippen LogP contribution in [-0.2, 0) is 14.4 Å². The molecule has 7 unspecified atom stereocenters. The summed E-state index contributed by atoms with van der Waals surface area (Å²) in [5.41, 5.74) is -0.333. The lowest BCUT2D eigenvalue weighted by Gasteiger charge is -2.69. The van der Waals surface area contributed by atoms with E-state index in [0.717, 1.165) is 38.5 Å². The lowest BCUT2D eigenvalue weighted by Crippen LogP contribution is -2.66. The molecule has 0 aliphatic heterocycles. The first-order chi connectivity index (χ1) is 15.6. The maximum Gasteiger partial charge on any atom is 0.309 e. The average Bonchev–Trinajstić information content (AvgIpc) is 2.72. The summed E-state index contributed by atoms with van der Waals surface area (Å²) in [6, 6.07) is 0. The zero-order valence-corrected chi connectivity index (χ0v) is 22.3. The van der Waals surface area contributed by atoms with Crippen molar-refractivity contribution >= 4 is 17.5 Å². The third-order valence-electron chi connectivity index (χ3n) is 12.6. The molecule has 5 aliphatic carbocycles. The van der Waals surface area contributed by atoms with Crippen LogP contribution in [0.15, 0.2) is 11.6 Å². The van der Waals surface area contributed by atoms with E-state index in [1.807, 2.05) is 6.08 Å². The molecule has 0 aromatic heterocycles. The minimum atomic E-state index is -0.766. The Bertz CT molecular complexity index is 1000. The van der Waals surface area contributed by atoms with Gasteiger partial charge in [-0.3, -0.25) is 14.4 Å². The third kappa shape index (κ3) is 2.75. The van der Waals surface area contributed by atoms with Gasteiger partial charge in [0.05, 0.1) is 5.41 Å². The number of fused-ring (bicyclic) bond motifs is 7. The summed E-state index contributed by atoms with van der Waals surface area (Å²) in [6.45, 7) is 15.7. The van der Waals surface area contributed by atoms with Gasteiger partial charge in [0.1, 0.15) is 5.78 Å². The number of carboxylic acid groups (broad SMARTS) is 1. The molecule has 0 aromatic carbocycles. The molecule has 0 saturated heterocycles. The van der Waals surface area contributed by atoms with Gasteiger partial charge < -0.3 is 5.11 Å². The van der Waals surface area contributed by atoms with Gasteiger partial charge in [-0.2, -0.15) is 0 Å². The average molecular weight is 469 g/mol. The molecule has 1 N–H and O–H groups in total. The van der Waals surface area contributed by atoms with E-state index in [1.54, 1.807) is 0 Å². The van der Waals surface area contributed by atoms with Gasteiger partial charge in [0.2, 0.25) is 0 Å². The second kappa shape index (κ2) is 6.85. The fourth-order valence-corrected chi connectivity index (χ4v) is 10.2. The summed E-state index contributed by atoms with van der Waals surface area (Å²) in [4.78, 5) is 39.8. The van der Waals surface area contributed by atoms with Gasteiger partial charge in [0.15, 0.2) is 5.78 Å². The molecule has 7 atom stereocenters. The van der Waals surface area contributed by atoms with E-state index in [2.05, 4.69) is 48.5 Å². The number of hydrogen-bond donors (Lipinski definition) is 1. The Balaban J connectivity index is 1.66. The highest BCUT2D eigenvalue weighted by Gasteiger charge is 2.70. The van der Waals surface area contributed by atoms with Crippen molar-refractivity contribution in [3.8, 4) is 0 Å². The minimum absolute atomic E-state index is 0.0600. The molecule has 0 bridgehead atoms. The Labute approximate surface area is 205 Å². The highest BCUT2D eigenvalue weighted by Crippen LogP contribution is 2.74. The summed E-state index contributed by atoms with van der Waals surface area (Å²) in [5.74, 6) is -0.248. The number of carbonyl (C=O) groups is 3. The maximum absolute atomic E-state index is 14.2. The van der Waals surface area contributed by atoms with Crippen molar-refractivity contribution in [1.29, 1.82) is 0 Å². The van der Waals surface area contributed by atoms with Crippen LogP contribution in [0.25, 0.3) is 0 Å². The van der Waals surface area contributed by atoms with Crippen molar-refractivity contribution in [3.05, 3.63) is 11.6 Å². The predicted molar refractivity (Wildman–Crippen MR) is 132 cm³/mol. The molecule has 5 aliphatic rings. The van der Waals surface area contributed by atoms with Gasteiger partial charge in [-0.05, 0) is 90.9 Å². The summed E-state index contributed by atoms with van der Waals surface area (Å²) < 4.78 is 0. The molecule has 188 valence electrons. The molecule has 5 rings (SSSR count). The number of Topliss-reactive ketones (excluding diaryl/α,β-unsaturated/α-hetero) is 1. The van der Waals surface area contributed by atoms with Gasteiger partial charge in [-0.15, -0.1) is 0 Å². The molecule has 0 spiro atoms. The molecule has 4 heteroatoms. The SMILES string of the molecule is CC1(C)CCC2(C(=O)O)CCC3(C)C(C(=O)C=C4C5(C)CCC(=O)C(C)(C)C5CCC43C)C2C1.